The first-order valence-electron chi connectivity index (χ1n) is 11.7. The van der Waals surface area contributed by atoms with E-state index in [4.69, 9.17) is 10.5 Å². The molecule has 0 spiro atoms. The first kappa shape index (κ1) is 23.2. The number of aromatic amines is 1. The van der Waals surface area contributed by atoms with E-state index in [1.54, 1.807) is 12.3 Å². The summed E-state index contributed by atoms with van der Waals surface area (Å²) in [5.41, 5.74) is 7.35. The molecule has 182 valence electrons. The number of fused-ring (bicyclic) bond motifs is 1. The molecular formula is C24H31FN6O2S. The van der Waals surface area contributed by atoms with Crippen LogP contribution in [0.25, 0.3) is 21.3 Å². The number of halogens is 1. The molecule has 8 nitrogen and oxygen atoms in total. The zero-order chi connectivity index (χ0) is 23.9. The molecule has 3 N–H and O–H groups in total. The fourth-order valence-electron chi connectivity index (χ4n) is 4.80. The van der Waals surface area contributed by atoms with Crippen molar-refractivity contribution in [2.45, 2.75) is 25.9 Å². The number of aromatic nitrogens is 2. The number of thiazole rings is 1. The van der Waals surface area contributed by atoms with Gasteiger partial charge in [-0.25, -0.2) is 9.37 Å². The second-order valence-electron chi connectivity index (χ2n) is 9.42. The van der Waals surface area contributed by atoms with Crippen molar-refractivity contribution in [3.63, 3.8) is 0 Å². The number of morpholine rings is 1. The monoisotopic (exact) mass is 486 g/mol. The van der Waals surface area contributed by atoms with Gasteiger partial charge in [-0.3, -0.25) is 14.6 Å². The largest absolute Gasteiger partial charge is 0.378 e. The molecule has 34 heavy (non-hydrogen) atoms. The molecule has 4 heterocycles. The van der Waals surface area contributed by atoms with Crippen molar-refractivity contribution < 1.29 is 13.9 Å². The number of ether oxygens (including phenoxy) is 1. The van der Waals surface area contributed by atoms with E-state index in [1.165, 1.54) is 11.3 Å². The van der Waals surface area contributed by atoms with Crippen molar-refractivity contribution in [1.29, 1.82) is 0 Å². The smallest absolute Gasteiger partial charge is 0.237 e. The molecule has 10 heteroatoms. The molecule has 0 saturated carbocycles. The molecule has 2 aliphatic rings. The van der Waals surface area contributed by atoms with Gasteiger partial charge in [0.15, 0.2) is 0 Å². The second kappa shape index (κ2) is 9.26. The van der Waals surface area contributed by atoms with E-state index in [9.17, 15) is 4.79 Å². The van der Waals surface area contributed by atoms with Crippen LogP contribution in [0, 0.1) is 5.82 Å². The van der Waals surface area contributed by atoms with Crippen molar-refractivity contribution in [1.82, 2.24) is 19.8 Å². The van der Waals surface area contributed by atoms with Crippen molar-refractivity contribution >= 4 is 33.8 Å². The molecule has 5 rings (SSSR count). The van der Waals surface area contributed by atoms with Gasteiger partial charge in [0.05, 0.1) is 41.4 Å². The normalized spacial score (nSPS) is 18.6. The molecule has 2 aliphatic heterocycles. The lowest BCUT2D eigenvalue weighted by Crippen LogP contribution is -2.59. The average Bonchev–Trinajstić information content (AvgIpc) is 3.49. The molecule has 2 saturated heterocycles. The van der Waals surface area contributed by atoms with Crippen LogP contribution in [-0.2, 0) is 16.1 Å². The predicted molar refractivity (Wildman–Crippen MR) is 133 cm³/mol. The lowest BCUT2D eigenvalue weighted by atomic mass is 10.0. The standard InChI is InChI=1S/C24H31FN6O2S/c1-24(2,23(26)32)31-7-5-29(6-8-31)15-20-28-14-19(34-20)21-16-3-4-27-22(16)18(13-17(21)25)30-9-11-33-12-10-30/h3-4,13-14,27H,5-12,15H2,1-2H3,(H2,26,32). The van der Waals surface area contributed by atoms with E-state index < -0.39 is 5.54 Å². The van der Waals surface area contributed by atoms with Crippen LogP contribution in [0.4, 0.5) is 10.1 Å². The minimum atomic E-state index is -0.646. The number of benzene rings is 1. The quantitative estimate of drug-likeness (QED) is 0.557. The summed E-state index contributed by atoms with van der Waals surface area (Å²) in [6.07, 6.45) is 3.65. The van der Waals surface area contributed by atoms with Gasteiger partial charge in [-0.1, -0.05) is 0 Å². The number of nitrogens with zero attached hydrogens (tertiary/aromatic N) is 4. The van der Waals surface area contributed by atoms with Crippen LogP contribution in [0.3, 0.4) is 0 Å². The Morgan fingerprint density at radius 3 is 2.68 bits per heavy atom. The van der Waals surface area contributed by atoms with E-state index in [0.717, 1.165) is 65.7 Å². The third-order valence-electron chi connectivity index (χ3n) is 7.05. The topological polar surface area (TPSA) is 90.7 Å². The zero-order valence-corrected chi connectivity index (χ0v) is 20.5. The second-order valence-corrected chi connectivity index (χ2v) is 10.5. The number of nitrogens with two attached hydrogens (primary N) is 1. The van der Waals surface area contributed by atoms with Crippen LogP contribution in [0.2, 0.25) is 0 Å². The fraction of sp³-hybridized carbons (Fsp3) is 0.500. The van der Waals surface area contributed by atoms with Crippen LogP contribution in [0.1, 0.15) is 18.9 Å². The molecule has 2 fully saturated rings. The Balaban J connectivity index is 1.33. The van der Waals surface area contributed by atoms with E-state index in [2.05, 4.69) is 24.7 Å². The fourth-order valence-corrected chi connectivity index (χ4v) is 5.82. The first-order chi connectivity index (χ1) is 16.3. The predicted octanol–water partition coefficient (Wildman–Crippen LogP) is 2.65. The molecule has 0 atom stereocenters. The van der Waals surface area contributed by atoms with Gasteiger partial charge in [0.2, 0.25) is 5.91 Å². The molecular weight excluding hydrogens is 455 g/mol. The van der Waals surface area contributed by atoms with Gasteiger partial charge >= 0.3 is 0 Å². The Labute approximate surface area is 202 Å². The summed E-state index contributed by atoms with van der Waals surface area (Å²) in [5.74, 6) is -0.533. The number of carbonyl (C=O) groups excluding carboxylic acids is 1. The minimum absolute atomic E-state index is 0.230. The van der Waals surface area contributed by atoms with Crippen molar-refractivity contribution in [2.24, 2.45) is 5.73 Å². The maximum atomic E-state index is 15.4. The molecule has 0 aliphatic carbocycles. The van der Waals surface area contributed by atoms with Gasteiger partial charge in [-0.15, -0.1) is 11.3 Å². The average molecular weight is 487 g/mol. The number of carbonyl (C=O) groups is 1. The number of primary amides is 1. The highest BCUT2D eigenvalue weighted by Gasteiger charge is 2.34. The van der Waals surface area contributed by atoms with Crippen molar-refractivity contribution in [3.05, 3.63) is 35.4 Å². The maximum Gasteiger partial charge on any atom is 0.237 e. The van der Waals surface area contributed by atoms with Gasteiger partial charge < -0.3 is 20.4 Å². The van der Waals surface area contributed by atoms with Gasteiger partial charge in [0.1, 0.15) is 10.8 Å². The van der Waals surface area contributed by atoms with Crippen LogP contribution in [-0.4, -0.2) is 83.7 Å². The number of rotatable bonds is 6. The number of nitrogens with one attached hydrogen (secondary N) is 1. The Morgan fingerprint density at radius 1 is 1.24 bits per heavy atom. The molecule has 3 aromatic rings. The Hall–Kier alpha value is -2.53. The number of H-pyrrole nitrogens is 1. The van der Waals surface area contributed by atoms with Gasteiger partial charge in [0, 0.05) is 68.7 Å². The van der Waals surface area contributed by atoms with Crippen LogP contribution in [0.15, 0.2) is 24.5 Å². The molecule has 0 radical (unpaired) electrons. The van der Waals surface area contributed by atoms with E-state index in [0.29, 0.717) is 25.3 Å². The number of amides is 1. The minimum Gasteiger partial charge on any atom is -0.378 e. The number of anilines is 1. The number of hydrogen-bond acceptors (Lipinski definition) is 7. The van der Waals surface area contributed by atoms with Gasteiger partial charge in [-0.05, 0) is 19.9 Å². The summed E-state index contributed by atoms with van der Waals surface area (Å²) in [5, 5.41) is 1.83. The Bertz CT molecular complexity index is 1180. The molecule has 1 aromatic carbocycles. The van der Waals surface area contributed by atoms with Crippen molar-refractivity contribution in [2.75, 3.05) is 57.4 Å². The zero-order valence-electron chi connectivity index (χ0n) is 19.6. The lowest BCUT2D eigenvalue weighted by molar-refractivity contribution is -0.129. The maximum absolute atomic E-state index is 15.4. The highest BCUT2D eigenvalue weighted by atomic mass is 32.1. The lowest BCUT2D eigenvalue weighted by Gasteiger charge is -2.42. The molecule has 0 bridgehead atoms. The summed E-state index contributed by atoms with van der Waals surface area (Å²) in [7, 11) is 0. The summed E-state index contributed by atoms with van der Waals surface area (Å²) < 4.78 is 20.9. The van der Waals surface area contributed by atoms with Crippen LogP contribution < -0.4 is 10.6 Å². The number of piperazine rings is 1. The molecule has 2 aromatic heterocycles. The van der Waals surface area contributed by atoms with E-state index in [1.807, 2.05) is 26.1 Å². The summed E-state index contributed by atoms with van der Waals surface area (Å²) in [6.45, 7) is 10.5. The third kappa shape index (κ3) is 4.31. The van der Waals surface area contributed by atoms with E-state index >= 15 is 4.39 Å². The SMILES string of the molecule is CC(C)(C(N)=O)N1CCN(Cc2ncc(-c3c(F)cc(N4CCOCC4)c4[nH]ccc34)s2)CC1. The Morgan fingerprint density at radius 2 is 1.97 bits per heavy atom. The third-order valence-corrected chi connectivity index (χ3v) is 8.05. The van der Waals surface area contributed by atoms with Crippen LogP contribution >= 0.6 is 11.3 Å². The summed E-state index contributed by atoms with van der Waals surface area (Å²) in [6, 6.07) is 3.58. The molecule has 0 unspecified atom stereocenters. The highest BCUT2D eigenvalue weighted by molar-refractivity contribution is 7.15. The van der Waals surface area contributed by atoms with E-state index in [-0.39, 0.29) is 11.7 Å². The summed E-state index contributed by atoms with van der Waals surface area (Å²) >= 11 is 1.54. The number of hydrogen-bond donors (Lipinski definition) is 2. The first-order valence-corrected chi connectivity index (χ1v) is 12.5. The highest BCUT2D eigenvalue weighted by Crippen LogP contribution is 2.39. The van der Waals surface area contributed by atoms with Crippen molar-refractivity contribution in [3.8, 4) is 10.4 Å². The summed E-state index contributed by atoms with van der Waals surface area (Å²) in [4.78, 5) is 27.1. The van der Waals surface area contributed by atoms with Gasteiger partial charge in [0.25, 0.3) is 0 Å². The Kier molecular flexibility index (Phi) is 6.32. The molecule has 1 amide bonds. The van der Waals surface area contributed by atoms with Gasteiger partial charge in [-0.2, -0.15) is 0 Å². The van der Waals surface area contributed by atoms with Crippen LogP contribution in [0.5, 0.6) is 0 Å².